The SMILES string of the molecule is O=C(O)CC1(O)CCCC12CCOCC2. The number of hydrogen-bond donors (Lipinski definition) is 2. The zero-order valence-corrected chi connectivity index (χ0v) is 8.87. The first-order chi connectivity index (χ1) is 7.08. The molecule has 1 atom stereocenters. The van der Waals surface area contributed by atoms with E-state index in [0.29, 0.717) is 19.6 Å². The van der Waals surface area contributed by atoms with Crippen molar-refractivity contribution in [3.8, 4) is 0 Å². The number of carboxylic acids is 1. The number of hydrogen-bond acceptors (Lipinski definition) is 3. The molecule has 0 aromatic carbocycles. The summed E-state index contributed by atoms with van der Waals surface area (Å²) in [5, 5.41) is 19.4. The van der Waals surface area contributed by atoms with Crippen molar-refractivity contribution in [1.29, 1.82) is 0 Å². The summed E-state index contributed by atoms with van der Waals surface area (Å²) in [7, 11) is 0. The molecule has 0 aromatic heterocycles. The van der Waals surface area contributed by atoms with E-state index in [1.54, 1.807) is 0 Å². The van der Waals surface area contributed by atoms with Gasteiger partial charge in [-0.1, -0.05) is 0 Å². The van der Waals surface area contributed by atoms with Gasteiger partial charge in [0.25, 0.3) is 0 Å². The van der Waals surface area contributed by atoms with Gasteiger partial charge in [0.15, 0.2) is 0 Å². The van der Waals surface area contributed by atoms with E-state index in [4.69, 9.17) is 9.84 Å². The summed E-state index contributed by atoms with van der Waals surface area (Å²) in [6.45, 7) is 1.31. The first-order valence-corrected chi connectivity index (χ1v) is 5.60. The monoisotopic (exact) mass is 214 g/mol. The van der Waals surface area contributed by atoms with Crippen LogP contribution in [0.5, 0.6) is 0 Å². The van der Waals surface area contributed by atoms with Gasteiger partial charge in [-0.3, -0.25) is 4.79 Å². The lowest BCUT2D eigenvalue weighted by atomic mass is 9.67. The second-order valence-corrected chi connectivity index (χ2v) is 4.85. The highest BCUT2D eigenvalue weighted by Crippen LogP contribution is 2.54. The van der Waals surface area contributed by atoms with Gasteiger partial charge in [0.05, 0.1) is 12.0 Å². The lowest BCUT2D eigenvalue weighted by Crippen LogP contribution is -2.48. The zero-order chi connectivity index (χ0) is 10.9. The molecule has 1 unspecified atom stereocenters. The van der Waals surface area contributed by atoms with Crippen LogP contribution in [0, 0.1) is 5.41 Å². The molecule has 0 bridgehead atoms. The highest BCUT2D eigenvalue weighted by atomic mass is 16.5. The van der Waals surface area contributed by atoms with Crippen molar-refractivity contribution in [2.45, 2.75) is 44.1 Å². The van der Waals surface area contributed by atoms with E-state index >= 15 is 0 Å². The minimum absolute atomic E-state index is 0.118. The Balaban J connectivity index is 2.18. The third kappa shape index (κ3) is 1.76. The van der Waals surface area contributed by atoms with Crippen molar-refractivity contribution in [3.05, 3.63) is 0 Å². The number of carboxylic acid groups (broad SMARTS) is 1. The highest BCUT2D eigenvalue weighted by molar-refractivity contribution is 5.68. The van der Waals surface area contributed by atoms with Crippen molar-refractivity contribution < 1.29 is 19.7 Å². The quantitative estimate of drug-likeness (QED) is 0.724. The molecule has 1 saturated carbocycles. The number of ether oxygens (including phenoxy) is 1. The van der Waals surface area contributed by atoms with Gasteiger partial charge in [-0.25, -0.2) is 0 Å². The first-order valence-electron chi connectivity index (χ1n) is 5.60. The molecule has 0 amide bonds. The summed E-state index contributed by atoms with van der Waals surface area (Å²) in [6.07, 6.45) is 3.99. The Hall–Kier alpha value is -0.610. The minimum atomic E-state index is -0.997. The van der Waals surface area contributed by atoms with Crippen molar-refractivity contribution in [3.63, 3.8) is 0 Å². The Labute approximate surface area is 89.2 Å². The van der Waals surface area contributed by atoms with E-state index in [1.807, 2.05) is 0 Å². The molecule has 1 spiro atoms. The second kappa shape index (κ2) is 3.76. The summed E-state index contributed by atoms with van der Waals surface area (Å²) < 4.78 is 5.30. The smallest absolute Gasteiger partial charge is 0.306 e. The predicted octanol–water partition coefficient (Wildman–Crippen LogP) is 1.17. The van der Waals surface area contributed by atoms with Crippen LogP contribution in [0.1, 0.15) is 38.5 Å². The molecule has 86 valence electrons. The Morgan fingerprint density at radius 1 is 1.20 bits per heavy atom. The number of aliphatic carboxylic acids is 1. The van der Waals surface area contributed by atoms with Crippen LogP contribution in [0.15, 0.2) is 0 Å². The van der Waals surface area contributed by atoms with Crippen LogP contribution in [0.3, 0.4) is 0 Å². The maximum atomic E-state index is 10.8. The molecule has 0 radical (unpaired) electrons. The first kappa shape index (κ1) is 10.9. The molecule has 4 nitrogen and oxygen atoms in total. The van der Waals surface area contributed by atoms with E-state index in [9.17, 15) is 9.90 Å². The molecule has 1 saturated heterocycles. The fraction of sp³-hybridized carbons (Fsp3) is 0.909. The number of carbonyl (C=O) groups is 1. The van der Waals surface area contributed by atoms with Gasteiger partial charge in [0.1, 0.15) is 0 Å². The molecular weight excluding hydrogens is 196 g/mol. The van der Waals surface area contributed by atoms with Gasteiger partial charge in [0, 0.05) is 18.6 Å². The van der Waals surface area contributed by atoms with Crippen LogP contribution in [0.25, 0.3) is 0 Å². The normalized spacial score (nSPS) is 34.5. The molecule has 1 heterocycles. The van der Waals surface area contributed by atoms with Crippen LogP contribution < -0.4 is 0 Å². The Morgan fingerprint density at radius 2 is 1.87 bits per heavy atom. The molecule has 2 rings (SSSR count). The summed E-state index contributed by atoms with van der Waals surface area (Å²) >= 11 is 0. The topological polar surface area (TPSA) is 66.8 Å². The molecular formula is C11H18O4. The Kier molecular flexibility index (Phi) is 2.73. The molecule has 0 aromatic rings. The average Bonchev–Trinajstić information content (AvgIpc) is 2.44. The van der Waals surface area contributed by atoms with Gasteiger partial charge in [-0.15, -0.1) is 0 Å². The lowest BCUT2D eigenvalue weighted by molar-refractivity contribution is -0.155. The van der Waals surface area contributed by atoms with Crippen LogP contribution >= 0.6 is 0 Å². The molecule has 2 fully saturated rings. The van der Waals surface area contributed by atoms with Gasteiger partial charge in [-0.2, -0.15) is 0 Å². The largest absolute Gasteiger partial charge is 0.481 e. The zero-order valence-electron chi connectivity index (χ0n) is 8.87. The van der Waals surface area contributed by atoms with Crippen molar-refractivity contribution >= 4 is 5.97 Å². The average molecular weight is 214 g/mol. The van der Waals surface area contributed by atoms with E-state index < -0.39 is 11.6 Å². The maximum Gasteiger partial charge on any atom is 0.306 e. The van der Waals surface area contributed by atoms with Crippen molar-refractivity contribution in [1.82, 2.24) is 0 Å². The maximum absolute atomic E-state index is 10.8. The van der Waals surface area contributed by atoms with Crippen LogP contribution in [0.4, 0.5) is 0 Å². The lowest BCUT2D eigenvalue weighted by Gasteiger charge is -2.44. The van der Waals surface area contributed by atoms with Crippen molar-refractivity contribution in [2.24, 2.45) is 5.41 Å². The molecule has 4 heteroatoms. The second-order valence-electron chi connectivity index (χ2n) is 4.85. The van der Waals surface area contributed by atoms with Crippen LogP contribution in [-0.4, -0.2) is 35.0 Å². The molecule has 1 aliphatic heterocycles. The molecule has 1 aliphatic carbocycles. The summed E-state index contributed by atoms with van der Waals surface area (Å²) in [6, 6.07) is 0. The highest BCUT2D eigenvalue weighted by Gasteiger charge is 2.54. The van der Waals surface area contributed by atoms with Crippen LogP contribution in [-0.2, 0) is 9.53 Å². The summed E-state index contributed by atoms with van der Waals surface area (Å²) in [5.74, 6) is -0.898. The fourth-order valence-corrected chi connectivity index (χ4v) is 3.22. The van der Waals surface area contributed by atoms with Crippen molar-refractivity contribution in [2.75, 3.05) is 13.2 Å². The standard InChI is InChI=1S/C11H18O4/c12-9(13)8-11(14)3-1-2-10(11)4-6-15-7-5-10/h14H,1-8H2,(H,12,13). The molecule has 2 aliphatic rings. The third-order valence-electron chi connectivity index (χ3n) is 4.13. The van der Waals surface area contributed by atoms with Gasteiger partial charge in [0.2, 0.25) is 0 Å². The summed E-state index contributed by atoms with van der Waals surface area (Å²) in [5.41, 5.74) is -1.19. The molecule has 2 N–H and O–H groups in total. The fourth-order valence-electron chi connectivity index (χ4n) is 3.22. The van der Waals surface area contributed by atoms with Gasteiger partial charge < -0.3 is 14.9 Å². The predicted molar refractivity (Wildman–Crippen MR) is 53.5 cm³/mol. The van der Waals surface area contributed by atoms with E-state index in [-0.39, 0.29) is 11.8 Å². The minimum Gasteiger partial charge on any atom is -0.481 e. The third-order valence-corrected chi connectivity index (χ3v) is 4.13. The van der Waals surface area contributed by atoms with E-state index in [1.165, 1.54) is 0 Å². The number of aliphatic hydroxyl groups is 1. The Bertz CT molecular complexity index is 257. The van der Waals surface area contributed by atoms with Crippen LogP contribution in [0.2, 0.25) is 0 Å². The van der Waals surface area contributed by atoms with Gasteiger partial charge in [-0.05, 0) is 32.1 Å². The van der Waals surface area contributed by atoms with E-state index in [2.05, 4.69) is 0 Å². The van der Waals surface area contributed by atoms with E-state index in [0.717, 1.165) is 25.7 Å². The number of rotatable bonds is 2. The Morgan fingerprint density at radius 3 is 2.47 bits per heavy atom. The molecule has 15 heavy (non-hydrogen) atoms. The summed E-state index contributed by atoms with van der Waals surface area (Å²) in [4.78, 5) is 10.8. The van der Waals surface area contributed by atoms with Gasteiger partial charge >= 0.3 is 5.97 Å².